The molecule has 0 radical (unpaired) electrons. The van der Waals surface area contributed by atoms with Gasteiger partial charge in [-0.05, 0) is 31.0 Å². The van der Waals surface area contributed by atoms with Crippen molar-refractivity contribution in [3.63, 3.8) is 0 Å². The monoisotopic (exact) mass is 294 g/mol. The van der Waals surface area contributed by atoms with Crippen LogP contribution in [-0.4, -0.2) is 37.0 Å². The number of aliphatic hydroxyl groups is 1. The second-order valence-electron chi connectivity index (χ2n) is 4.92. The summed E-state index contributed by atoms with van der Waals surface area (Å²) in [5, 5.41) is 18.0. The minimum atomic E-state index is -3.66. The molecule has 0 bridgehead atoms. The Morgan fingerprint density at radius 1 is 1.35 bits per heavy atom. The van der Waals surface area contributed by atoms with Gasteiger partial charge in [0.1, 0.15) is 0 Å². The minimum absolute atomic E-state index is 0.0436. The van der Waals surface area contributed by atoms with Crippen LogP contribution in [0.5, 0.6) is 0 Å². The Morgan fingerprint density at radius 2 is 2.05 bits per heavy atom. The fourth-order valence-electron chi connectivity index (χ4n) is 2.65. The quantitative estimate of drug-likeness (QED) is 0.892. The predicted octanol–water partition coefficient (Wildman–Crippen LogP) is 1.48. The Hall–Kier alpha value is -1.42. The number of aliphatic hydroxyl groups excluding tert-OH is 1. The van der Waals surface area contributed by atoms with Gasteiger partial charge in [0.15, 0.2) is 0 Å². The molecule has 1 aromatic rings. The third kappa shape index (κ3) is 3.01. The molecular formula is C14H18N2O3S. The van der Waals surface area contributed by atoms with Gasteiger partial charge < -0.3 is 5.11 Å². The molecule has 0 spiro atoms. The van der Waals surface area contributed by atoms with Crippen molar-refractivity contribution < 1.29 is 13.5 Å². The molecule has 0 amide bonds. The largest absolute Gasteiger partial charge is 0.395 e. The van der Waals surface area contributed by atoms with Gasteiger partial charge in [-0.3, -0.25) is 0 Å². The highest BCUT2D eigenvalue weighted by atomic mass is 32.2. The lowest BCUT2D eigenvalue weighted by molar-refractivity contribution is 0.226. The van der Waals surface area contributed by atoms with Crippen LogP contribution < -0.4 is 0 Å². The van der Waals surface area contributed by atoms with E-state index in [4.69, 9.17) is 10.4 Å². The Bertz CT molecular complexity index is 601. The molecule has 1 aliphatic rings. The first-order chi connectivity index (χ1) is 9.59. The van der Waals surface area contributed by atoms with Crippen molar-refractivity contribution in [2.24, 2.45) is 0 Å². The maximum absolute atomic E-state index is 12.7. The van der Waals surface area contributed by atoms with E-state index in [1.807, 2.05) is 6.07 Å². The van der Waals surface area contributed by atoms with E-state index in [1.54, 1.807) is 12.1 Å². The Labute approximate surface area is 119 Å². The maximum atomic E-state index is 12.7. The maximum Gasteiger partial charge on any atom is 0.243 e. The van der Waals surface area contributed by atoms with Crippen LogP contribution in [0.1, 0.15) is 31.2 Å². The molecule has 0 unspecified atom stereocenters. The molecule has 6 heteroatoms. The van der Waals surface area contributed by atoms with E-state index in [0.29, 0.717) is 5.56 Å². The smallest absolute Gasteiger partial charge is 0.243 e. The van der Waals surface area contributed by atoms with Gasteiger partial charge in [-0.1, -0.05) is 18.9 Å². The van der Waals surface area contributed by atoms with E-state index < -0.39 is 10.0 Å². The summed E-state index contributed by atoms with van der Waals surface area (Å²) in [7, 11) is -3.66. The average molecular weight is 294 g/mol. The van der Waals surface area contributed by atoms with Gasteiger partial charge in [-0.25, -0.2) is 8.42 Å². The van der Waals surface area contributed by atoms with Crippen LogP contribution in [0, 0.1) is 11.3 Å². The number of hydrogen-bond acceptors (Lipinski definition) is 4. The molecular weight excluding hydrogens is 276 g/mol. The number of sulfonamides is 1. The molecule has 1 aromatic carbocycles. The number of nitriles is 1. The van der Waals surface area contributed by atoms with Gasteiger partial charge in [0.05, 0.1) is 23.1 Å². The van der Waals surface area contributed by atoms with Crippen molar-refractivity contribution in [1.29, 1.82) is 5.26 Å². The SMILES string of the molecule is N#Cc1cccc(S(=O)(=O)N(CCO)C2CCCC2)c1. The standard InChI is InChI=1S/C14H18N2O3S/c15-11-12-4-3-7-14(10-12)20(18,19)16(8-9-17)13-5-1-2-6-13/h3-4,7,10,13,17H,1-2,5-6,8-9H2. The van der Waals surface area contributed by atoms with Crippen LogP contribution in [-0.2, 0) is 10.0 Å². The van der Waals surface area contributed by atoms with Gasteiger partial charge in [0.2, 0.25) is 10.0 Å². The van der Waals surface area contributed by atoms with Crippen molar-refractivity contribution in [2.45, 2.75) is 36.6 Å². The van der Waals surface area contributed by atoms with E-state index in [9.17, 15) is 8.42 Å². The van der Waals surface area contributed by atoms with Crippen molar-refractivity contribution in [3.8, 4) is 6.07 Å². The van der Waals surface area contributed by atoms with Crippen LogP contribution >= 0.6 is 0 Å². The molecule has 1 N–H and O–H groups in total. The van der Waals surface area contributed by atoms with Crippen LogP contribution in [0.4, 0.5) is 0 Å². The van der Waals surface area contributed by atoms with Gasteiger partial charge >= 0.3 is 0 Å². The summed E-state index contributed by atoms with van der Waals surface area (Å²) in [6.45, 7) is -0.0998. The van der Waals surface area contributed by atoms with Crippen molar-refractivity contribution in [1.82, 2.24) is 4.31 Å². The number of hydrogen-bond donors (Lipinski definition) is 1. The Kier molecular flexibility index (Phi) is 4.76. The zero-order valence-corrected chi connectivity index (χ0v) is 12.0. The molecule has 5 nitrogen and oxygen atoms in total. The van der Waals surface area contributed by atoms with Crippen LogP contribution in [0.15, 0.2) is 29.2 Å². The van der Waals surface area contributed by atoms with E-state index in [-0.39, 0.29) is 24.1 Å². The van der Waals surface area contributed by atoms with Crippen molar-refractivity contribution >= 4 is 10.0 Å². The molecule has 0 atom stereocenters. The zero-order chi connectivity index (χ0) is 14.6. The highest BCUT2D eigenvalue weighted by Gasteiger charge is 2.32. The summed E-state index contributed by atoms with van der Waals surface area (Å²) in [6.07, 6.45) is 3.69. The second-order valence-corrected chi connectivity index (χ2v) is 6.81. The molecule has 1 aliphatic carbocycles. The molecule has 2 rings (SSSR count). The first-order valence-corrected chi connectivity index (χ1v) is 8.16. The Morgan fingerprint density at radius 3 is 2.65 bits per heavy atom. The van der Waals surface area contributed by atoms with Crippen LogP contribution in [0.25, 0.3) is 0 Å². The third-order valence-electron chi connectivity index (χ3n) is 3.62. The first-order valence-electron chi connectivity index (χ1n) is 6.72. The molecule has 108 valence electrons. The summed E-state index contributed by atoms with van der Waals surface area (Å²) >= 11 is 0. The summed E-state index contributed by atoms with van der Waals surface area (Å²) in [5.74, 6) is 0. The zero-order valence-electron chi connectivity index (χ0n) is 11.2. The summed E-state index contributed by atoms with van der Waals surface area (Å²) in [6, 6.07) is 7.92. The Balaban J connectivity index is 2.36. The van der Waals surface area contributed by atoms with E-state index in [1.165, 1.54) is 16.4 Å². The van der Waals surface area contributed by atoms with Gasteiger partial charge in [-0.2, -0.15) is 9.57 Å². The second kappa shape index (κ2) is 6.35. The van der Waals surface area contributed by atoms with Crippen molar-refractivity contribution in [2.75, 3.05) is 13.2 Å². The fraction of sp³-hybridized carbons (Fsp3) is 0.500. The number of rotatable bonds is 5. The lowest BCUT2D eigenvalue weighted by Crippen LogP contribution is -2.40. The average Bonchev–Trinajstić information content (AvgIpc) is 2.98. The third-order valence-corrected chi connectivity index (χ3v) is 5.57. The number of nitrogens with zero attached hydrogens (tertiary/aromatic N) is 2. The fourth-order valence-corrected chi connectivity index (χ4v) is 4.37. The molecule has 1 fully saturated rings. The molecule has 1 saturated carbocycles. The highest BCUT2D eigenvalue weighted by Crippen LogP contribution is 2.28. The van der Waals surface area contributed by atoms with Gasteiger partial charge in [0, 0.05) is 12.6 Å². The van der Waals surface area contributed by atoms with Gasteiger partial charge in [-0.15, -0.1) is 0 Å². The molecule has 0 heterocycles. The van der Waals surface area contributed by atoms with Crippen molar-refractivity contribution in [3.05, 3.63) is 29.8 Å². The predicted molar refractivity (Wildman–Crippen MR) is 74.4 cm³/mol. The van der Waals surface area contributed by atoms with Crippen LogP contribution in [0.3, 0.4) is 0 Å². The molecule has 0 aliphatic heterocycles. The highest BCUT2D eigenvalue weighted by molar-refractivity contribution is 7.89. The van der Waals surface area contributed by atoms with E-state index in [0.717, 1.165) is 25.7 Å². The summed E-state index contributed by atoms with van der Waals surface area (Å²) in [4.78, 5) is 0.122. The summed E-state index contributed by atoms with van der Waals surface area (Å²) in [5.41, 5.74) is 0.321. The van der Waals surface area contributed by atoms with Gasteiger partial charge in [0.25, 0.3) is 0 Å². The van der Waals surface area contributed by atoms with E-state index >= 15 is 0 Å². The molecule has 20 heavy (non-hydrogen) atoms. The first kappa shape index (κ1) is 15.0. The minimum Gasteiger partial charge on any atom is -0.395 e. The lowest BCUT2D eigenvalue weighted by atomic mass is 10.2. The topological polar surface area (TPSA) is 81.4 Å². The summed E-state index contributed by atoms with van der Waals surface area (Å²) < 4.78 is 26.8. The lowest BCUT2D eigenvalue weighted by Gasteiger charge is -2.27. The molecule has 0 aromatic heterocycles. The molecule has 0 saturated heterocycles. The normalized spacial score (nSPS) is 16.4. The van der Waals surface area contributed by atoms with Crippen LogP contribution in [0.2, 0.25) is 0 Å². The van der Waals surface area contributed by atoms with E-state index in [2.05, 4.69) is 0 Å². The number of benzene rings is 1.